The summed E-state index contributed by atoms with van der Waals surface area (Å²) in [5.41, 5.74) is 2.64. The van der Waals surface area contributed by atoms with Crippen LogP contribution in [0.25, 0.3) is 0 Å². The van der Waals surface area contributed by atoms with Gasteiger partial charge in [-0.1, -0.05) is 48.5 Å². The zero-order valence-corrected chi connectivity index (χ0v) is 15.6. The Kier molecular flexibility index (Phi) is 5.53. The quantitative estimate of drug-likeness (QED) is 0.534. The summed E-state index contributed by atoms with van der Waals surface area (Å²) in [5, 5.41) is 11.3. The van der Waals surface area contributed by atoms with Crippen LogP contribution in [0, 0.1) is 0 Å². The van der Waals surface area contributed by atoms with Crippen molar-refractivity contribution in [2.45, 2.75) is 6.54 Å². The molecule has 0 radical (unpaired) electrons. The molecule has 2 heterocycles. The molecule has 1 amide bonds. The van der Waals surface area contributed by atoms with Gasteiger partial charge in [0.1, 0.15) is 0 Å². The van der Waals surface area contributed by atoms with E-state index in [9.17, 15) is 4.79 Å². The molecule has 2 aromatic heterocycles. The summed E-state index contributed by atoms with van der Waals surface area (Å²) in [6, 6.07) is 27.2. The summed E-state index contributed by atoms with van der Waals surface area (Å²) in [7, 11) is 0. The molecule has 4 rings (SSSR count). The van der Waals surface area contributed by atoms with Crippen molar-refractivity contribution < 1.29 is 4.79 Å². The van der Waals surface area contributed by atoms with Crippen LogP contribution in [-0.4, -0.2) is 21.1 Å². The predicted octanol–water partition coefficient (Wildman–Crippen LogP) is 4.46. The van der Waals surface area contributed by atoms with Gasteiger partial charge in [-0.3, -0.25) is 9.78 Å². The van der Waals surface area contributed by atoms with Gasteiger partial charge in [-0.05, 0) is 42.0 Å². The Hall–Kier alpha value is -4.06. The average Bonchev–Trinajstić information content (AvgIpc) is 2.80. The minimum atomic E-state index is -0.274. The van der Waals surface area contributed by atoms with Crippen LogP contribution in [0.15, 0.2) is 97.3 Å². The number of nitrogens with one attached hydrogen (secondary N) is 1. The van der Waals surface area contributed by atoms with Gasteiger partial charge >= 0.3 is 0 Å². The average molecular weight is 381 g/mol. The van der Waals surface area contributed by atoms with E-state index in [4.69, 9.17) is 0 Å². The summed E-state index contributed by atoms with van der Waals surface area (Å²) in [6.45, 7) is 0.654. The number of carbonyl (C=O) groups is 1. The first kappa shape index (κ1) is 18.3. The van der Waals surface area contributed by atoms with E-state index in [1.54, 1.807) is 24.4 Å². The van der Waals surface area contributed by atoms with Gasteiger partial charge in [0.15, 0.2) is 11.6 Å². The molecule has 0 saturated carbocycles. The SMILES string of the molecule is O=C(Nc1ccc(N(Cc2ccccc2)c2ccccc2)nn1)c1cccnc1. The second-order valence-corrected chi connectivity index (χ2v) is 6.38. The number of carbonyl (C=O) groups excluding carboxylic acids is 1. The van der Waals surface area contributed by atoms with Crippen LogP contribution in [0.4, 0.5) is 17.3 Å². The first-order chi connectivity index (χ1) is 14.3. The first-order valence-electron chi connectivity index (χ1n) is 9.21. The van der Waals surface area contributed by atoms with Crippen molar-refractivity contribution in [3.63, 3.8) is 0 Å². The predicted molar refractivity (Wildman–Crippen MR) is 113 cm³/mol. The molecule has 4 aromatic rings. The Morgan fingerprint density at radius 1 is 0.828 bits per heavy atom. The van der Waals surface area contributed by atoms with E-state index >= 15 is 0 Å². The molecule has 6 nitrogen and oxygen atoms in total. The summed E-state index contributed by atoms with van der Waals surface area (Å²) >= 11 is 0. The number of amides is 1. The number of hydrogen-bond donors (Lipinski definition) is 1. The van der Waals surface area contributed by atoms with Crippen LogP contribution in [0.3, 0.4) is 0 Å². The first-order valence-corrected chi connectivity index (χ1v) is 9.21. The van der Waals surface area contributed by atoms with Crippen molar-refractivity contribution in [3.05, 3.63) is 108 Å². The highest BCUT2D eigenvalue weighted by molar-refractivity contribution is 6.03. The summed E-state index contributed by atoms with van der Waals surface area (Å²) in [6.07, 6.45) is 3.13. The van der Waals surface area contributed by atoms with Gasteiger partial charge in [-0.25, -0.2) is 0 Å². The number of anilines is 3. The maximum Gasteiger partial charge on any atom is 0.258 e. The smallest absolute Gasteiger partial charge is 0.258 e. The maximum absolute atomic E-state index is 12.3. The van der Waals surface area contributed by atoms with E-state index in [-0.39, 0.29) is 5.91 Å². The second-order valence-electron chi connectivity index (χ2n) is 6.38. The number of pyridine rings is 1. The molecular weight excluding hydrogens is 362 g/mol. The van der Waals surface area contributed by atoms with Crippen molar-refractivity contribution in [2.75, 3.05) is 10.2 Å². The lowest BCUT2D eigenvalue weighted by Gasteiger charge is -2.23. The normalized spacial score (nSPS) is 10.3. The largest absolute Gasteiger partial charge is 0.320 e. The summed E-state index contributed by atoms with van der Waals surface area (Å²) < 4.78 is 0. The van der Waals surface area contributed by atoms with Gasteiger partial charge in [0.25, 0.3) is 5.91 Å². The molecule has 1 N–H and O–H groups in total. The lowest BCUT2D eigenvalue weighted by atomic mass is 10.2. The van der Waals surface area contributed by atoms with Crippen molar-refractivity contribution in [2.24, 2.45) is 0 Å². The van der Waals surface area contributed by atoms with Crippen LogP contribution in [-0.2, 0) is 6.54 Å². The highest BCUT2D eigenvalue weighted by Crippen LogP contribution is 2.25. The molecule has 0 aliphatic heterocycles. The van der Waals surface area contributed by atoms with Crippen molar-refractivity contribution in [3.8, 4) is 0 Å². The maximum atomic E-state index is 12.3. The Labute approximate surface area is 168 Å². The third-order valence-corrected chi connectivity index (χ3v) is 4.34. The third kappa shape index (κ3) is 4.62. The van der Waals surface area contributed by atoms with Gasteiger partial charge in [0.2, 0.25) is 0 Å². The summed E-state index contributed by atoms with van der Waals surface area (Å²) in [4.78, 5) is 18.3. The molecule has 0 aliphatic carbocycles. The van der Waals surface area contributed by atoms with E-state index in [1.807, 2.05) is 54.6 Å². The zero-order valence-electron chi connectivity index (χ0n) is 15.6. The highest BCUT2D eigenvalue weighted by Gasteiger charge is 2.13. The molecular formula is C23H19N5O. The van der Waals surface area contributed by atoms with E-state index < -0.39 is 0 Å². The van der Waals surface area contributed by atoms with Gasteiger partial charge in [-0.15, -0.1) is 10.2 Å². The minimum absolute atomic E-state index is 0.274. The van der Waals surface area contributed by atoms with Crippen LogP contribution in [0.2, 0.25) is 0 Å². The number of benzene rings is 2. The van der Waals surface area contributed by atoms with Crippen molar-refractivity contribution in [1.82, 2.24) is 15.2 Å². The molecule has 142 valence electrons. The van der Waals surface area contributed by atoms with E-state index in [0.29, 0.717) is 23.7 Å². The van der Waals surface area contributed by atoms with Crippen LogP contribution >= 0.6 is 0 Å². The molecule has 0 atom stereocenters. The molecule has 6 heteroatoms. The number of hydrogen-bond acceptors (Lipinski definition) is 5. The molecule has 0 saturated heterocycles. The van der Waals surface area contributed by atoms with E-state index in [1.165, 1.54) is 6.20 Å². The van der Waals surface area contributed by atoms with Crippen LogP contribution in [0.5, 0.6) is 0 Å². The topological polar surface area (TPSA) is 71.0 Å². The number of rotatable bonds is 6. The van der Waals surface area contributed by atoms with Gasteiger partial charge in [0.05, 0.1) is 5.56 Å². The fourth-order valence-corrected chi connectivity index (χ4v) is 2.90. The zero-order chi connectivity index (χ0) is 19.9. The lowest BCUT2D eigenvalue weighted by molar-refractivity contribution is 0.102. The third-order valence-electron chi connectivity index (χ3n) is 4.34. The number of para-hydroxylation sites is 1. The molecule has 0 fully saturated rings. The summed E-state index contributed by atoms with van der Waals surface area (Å²) in [5.74, 6) is 0.805. The highest BCUT2D eigenvalue weighted by atomic mass is 16.1. The van der Waals surface area contributed by atoms with E-state index in [2.05, 4.69) is 37.5 Å². The van der Waals surface area contributed by atoms with Crippen molar-refractivity contribution in [1.29, 1.82) is 0 Å². The van der Waals surface area contributed by atoms with Crippen molar-refractivity contribution >= 4 is 23.2 Å². The molecule has 0 unspecified atom stereocenters. The Balaban J connectivity index is 1.56. The Bertz CT molecular complexity index is 1050. The van der Waals surface area contributed by atoms with Gasteiger partial charge in [-0.2, -0.15) is 0 Å². The standard InChI is InChI=1S/C23H19N5O/c29-23(19-10-7-15-24-16-19)25-21-13-14-22(27-26-21)28(20-11-5-2-6-12-20)17-18-8-3-1-4-9-18/h1-16H,17H2,(H,25,26,29). The molecule has 0 aliphatic rings. The molecule has 29 heavy (non-hydrogen) atoms. The van der Waals surface area contributed by atoms with Gasteiger partial charge in [0, 0.05) is 24.6 Å². The molecule has 0 spiro atoms. The molecule has 2 aromatic carbocycles. The number of aromatic nitrogens is 3. The fraction of sp³-hybridized carbons (Fsp3) is 0.0435. The monoisotopic (exact) mass is 381 g/mol. The number of nitrogens with zero attached hydrogens (tertiary/aromatic N) is 4. The molecule has 0 bridgehead atoms. The minimum Gasteiger partial charge on any atom is -0.320 e. The van der Waals surface area contributed by atoms with Gasteiger partial charge < -0.3 is 10.2 Å². The lowest BCUT2D eigenvalue weighted by Crippen LogP contribution is -2.19. The van der Waals surface area contributed by atoms with Crippen LogP contribution in [0.1, 0.15) is 15.9 Å². The Morgan fingerprint density at radius 2 is 1.59 bits per heavy atom. The second kappa shape index (κ2) is 8.75. The fourth-order valence-electron chi connectivity index (χ4n) is 2.90. The van der Waals surface area contributed by atoms with Crippen LogP contribution < -0.4 is 10.2 Å². The van der Waals surface area contributed by atoms with E-state index in [0.717, 1.165) is 11.3 Å². The Morgan fingerprint density at radius 3 is 2.24 bits per heavy atom.